The van der Waals surface area contributed by atoms with Crippen molar-refractivity contribution in [3.63, 3.8) is 0 Å². The van der Waals surface area contributed by atoms with Gasteiger partial charge in [0, 0.05) is 11.1 Å². The Morgan fingerprint density at radius 3 is 1.69 bits per heavy atom. The number of aromatic hydroxyl groups is 4. The summed E-state index contributed by atoms with van der Waals surface area (Å²) in [5.41, 5.74) is -3.72. The Kier molecular flexibility index (Phi) is 7.55. The van der Waals surface area contributed by atoms with Crippen LogP contribution < -0.4 is 0 Å². The molecule has 2 aromatic carbocycles. The van der Waals surface area contributed by atoms with Crippen LogP contribution in [-0.4, -0.2) is 58.7 Å². The molecule has 1 unspecified atom stereocenters. The van der Waals surface area contributed by atoms with Gasteiger partial charge in [-0.3, -0.25) is 4.79 Å². The van der Waals surface area contributed by atoms with E-state index >= 15 is 0 Å². The van der Waals surface area contributed by atoms with Crippen molar-refractivity contribution >= 4 is 28.6 Å². The lowest BCUT2D eigenvalue weighted by Gasteiger charge is -2.27. The average Bonchev–Trinajstić information content (AvgIpc) is 2.74. The van der Waals surface area contributed by atoms with Crippen LogP contribution in [0.5, 0.6) is 23.0 Å². The van der Waals surface area contributed by atoms with Crippen molar-refractivity contribution < 1.29 is 57.8 Å². The molecule has 0 heterocycles. The van der Waals surface area contributed by atoms with Crippen molar-refractivity contribution in [2.45, 2.75) is 32.4 Å². The molecule has 13 heteroatoms. The molecular formula is C22H24O12S. The first-order valence-electron chi connectivity index (χ1n) is 9.86. The number of hydrogen-bond donors (Lipinski definition) is 6. The van der Waals surface area contributed by atoms with Crippen LogP contribution in [0.4, 0.5) is 0 Å². The molecule has 2 rings (SSSR count). The highest BCUT2D eigenvalue weighted by Gasteiger charge is 2.41. The van der Waals surface area contributed by atoms with E-state index in [2.05, 4.69) is 0 Å². The van der Waals surface area contributed by atoms with Gasteiger partial charge in [0.15, 0.2) is 10.7 Å². The molecule has 0 aliphatic heterocycles. The largest absolute Gasteiger partial charge is 0.508 e. The van der Waals surface area contributed by atoms with Gasteiger partial charge < -0.3 is 35.0 Å². The van der Waals surface area contributed by atoms with Crippen LogP contribution in [0.25, 0.3) is 0 Å². The van der Waals surface area contributed by atoms with Gasteiger partial charge >= 0.3 is 17.9 Å². The molecule has 0 aliphatic rings. The van der Waals surface area contributed by atoms with Crippen molar-refractivity contribution in [1.29, 1.82) is 0 Å². The highest BCUT2D eigenvalue weighted by Crippen LogP contribution is 2.46. The number of benzene rings is 2. The molecule has 5 N–H and O–H groups in total. The fourth-order valence-electron chi connectivity index (χ4n) is 3.07. The molecule has 12 nitrogen and oxygen atoms in total. The van der Waals surface area contributed by atoms with E-state index < -0.39 is 90.8 Å². The van der Waals surface area contributed by atoms with Gasteiger partial charge in [0.1, 0.15) is 38.9 Å². The molecule has 35 heavy (non-hydrogen) atoms. The molecule has 1 atom stereocenters. The minimum Gasteiger partial charge on any atom is -0.508 e. The Morgan fingerprint density at radius 1 is 0.800 bits per heavy atom. The predicted octanol–water partition coefficient (Wildman–Crippen LogP) is 1.79. The molecule has 0 fully saturated rings. The summed E-state index contributed by atoms with van der Waals surface area (Å²) < 4.78 is 31.9. The van der Waals surface area contributed by atoms with E-state index in [-0.39, 0.29) is 0 Å². The lowest BCUT2D eigenvalue weighted by Crippen LogP contribution is -2.27. The highest BCUT2D eigenvalue weighted by atomic mass is 32.2. The Bertz CT molecular complexity index is 1260. The third-order valence-electron chi connectivity index (χ3n) is 5.05. The van der Waals surface area contributed by atoms with Crippen molar-refractivity contribution in [2.75, 3.05) is 6.79 Å². The summed E-state index contributed by atoms with van der Waals surface area (Å²) in [4.78, 5) is 35.7. The van der Waals surface area contributed by atoms with Gasteiger partial charge in [-0.05, 0) is 52.0 Å². The molecule has 0 bridgehead atoms. The van der Waals surface area contributed by atoms with E-state index in [1.165, 1.54) is 0 Å². The second kappa shape index (κ2) is 9.70. The Hall–Kier alpha value is -4.00. The number of carbonyl (C=O) groups excluding carboxylic acids is 2. The van der Waals surface area contributed by atoms with E-state index in [0.29, 0.717) is 6.07 Å². The van der Waals surface area contributed by atoms with Gasteiger partial charge in [-0.1, -0.05) is 0 Å². The minimum absolute atomic E-state index is 0.635. The number of phenols is 4. The zero-order valence-corrected chi connectivity index (χ0v) is 20.0. The number of ether oxygens (including phenoxy) is 2. The summed E-state index contributed by atoms with van der Waals surface area (Å²) in [5.74, 6) is -7.10. The first-order valence-corrected chi connectivity index (χ1v) is 11.0. The third kappa shape index (κ3) is 5.40. The normalized spacial score (nSPS) is 13.2. The van der Waals surface area contributed by atoms with Crippen molar-refractivity contribution in [2.24, 2.45) is 5.41 Å². The van der Waals surface area contributed by atoms with Crippen LogP contribution in [0.15, 0.2) is 24.3 Å². The summed E-state index contributed by atoms with van der Waals surface area (Å²) >= 11 is 0. The van der Waals surface area contributed by atoms with E-state index in [0.717, 1.165) is 25.1 Å². The second-order valence-electron chi connectivity index (χ2n) is 8.64. The Morgan fingerprint density at radius 2 is 1.26 bits per heavy atom. The van der Waals surface area contributed by atoms with E-state index in [4.69, 9.17) is 9.47 Å². The van der Waals surface area contributed by atoms with Crippen LogP contribution in [0.2, 0.25) is 0 Å². The van der Waals surface area contributed by atoms with Gasteiger partial charge in [-0.2, -0.15) is 0 Å². The summed E-state index contributed by atoms with van der Waals surface area (Å²) in [6.45, 7) is 4.78. The van der Waals surface area contributed by atoms with Gasteiger partial charge in [0.2, 0.25) is 6.79 Å². The number of carboxylic acid groups (broad SMARTS) is 1. The van der Waals surface area contributed by atoms with Crippen LogP contribution in [0, 0.1) is 5.41 Å². The molecule has 0 radical (unpaired) electrons. The van der Waals surface area contributed by atoms with Crippen LogP contribution in [-0.2, 0) is 29.7 Å². The van der Waals surface area contributed by atoms with Gasteiger partial charge in [-0.15, -0.1) is 0 Å². The molecular weight excluding hydrogens is 488 g/mol. The Balaban J connectivity index is 2.62. The highest BCUT2D eigenvalue weighted by molar-refractivity contribution is 7.73. The van der Waals surface area contributed by atoms with Gasteiger partial charge in [0.25, 0.3) is 0 Å². The monoisotopic (exact) mass is 512 g/mol. The van der Waals surface area contributed by atoms with Crippen LogP contribution in [0.3, 0.4) is 0 Å². The number of esters is 2. The maximum absolute atomic E-state index is 12.5. The fourth-order valence-corrected chi connectivity index (χ4v) is 3.81. The number of carboxylic acids is 1. The first kappa shape index (κ1) is 27.2. The summed E-state index contributed by atoms with van der Waals surface area (Å²) in [7, 11) is -3.71. The SMILES string of the molecule is CC(C)(C)C(=O)OCOC(=O)c1cc(O)cc(C(C)(c2cc(O)cc(C(=O)O)c2O)[SH](=O)=O)c1O. The van der Waals surface area contributed by atoms with E-state index in [9.17, 15) is 48.3 Å². The quantitative estimate of drug-likeness (QED) is 0.136. The van der Waals surface area contributed by atoms with Crippen molar-refractivity contribution in [3.05, 3.63) is 46.5 Å². The maximum atomic E-state index is 12.5. The average molecular weight is 512 g/mol. The lowest BCUT2D eigenvalue weighted by molar-refractivity contribution is -0.161. The smallest absolute Gasteiger partial charge is 0.344 e. The van der Waals surface area contributed by atoms with Crippen molar-refractivity contribution in [3.8, 4) is 23.0 Å². The summed E-state index contributed by atoms with van der Waals surface area (Å²) in [5, 5.41) is 50.6. The number of thiol groups is 1. The molecule has 0 saturated carbocycles. The van der Waals surface area contributed by atoms with Crippen LogP contribution >= 0.6 is 0 Å². The number of hydrogen-bond acceptors (Lipinski definition) is 11. The molecule has 0 aliphatic carbocycles. The zero-order chi connectivity index (χ0) is 26.9. The van der Waals surface area contributed by atoms with Crippen molar-refractivity contribution in [1.82, 2.24) is 0 Å². The number of carbonyl (C=O) groups is 3. The van der Waals surface area contributed by atoms with E-state index in [1.807, 2.05) is 0 Å². The standard InChI is InChI=1S/C22H24O12S/c1-21(2,3)20(30)34-9-33-19(29)13-6-11(24)8-15(17(13)26)22(4,35(31)32)14-7-10(23)5-12(16(14)25)18(27)28/h5-8,23-26,35H,9H2,1-4H3,(H,27,28). The van der Waals surface area contributed by atoms with Gasteiger partial charge in [0.05, 0.1) is 5.41 Å². The maximum Gasteiger partial charge on any atom is 0.344 e. The topological polar surface area (TPSA) is 205 Å². The fraction of sp³-hybridized carbons (Fsp3) is 0.318. The molecule has 0 spiro atoms. The van der Waals surface area contributed by atoms with Gasteiger partial charge in [-0.25, -0.2) is 18.0 Å². The first-order chi connectivity index (χ1) is 16.0. The predicted molar refractivity (Wildman–Crippen MR) is 119 cm³/mol. The zero-order valence-electron chi connectivity index (χ0n) is 19.1. The minimum atomic E-state index is -3.71. The molecule has 0 amide bonds. The molecule has 0 saturated heterocycles. The van der Waals surface area contributed by atoms with E-state index in [1.54, 1.807) is 20.8 Å². The summed E-state index contributed by atoms with van der Waals surface area (Å²) in [6, 6.07) is 2.99. The third-order valence-corrected chi connectivity index (χ3v) is 6.26. The number of rotatable bonds is 7. The van der Waals surface area contributed by atoms with Crippen LogP contribution in [0.1, 0.15) is 59.5 Å². The molecule has 2 aromatic rings. The lowest BCUT2D eigenvalue weighted by atomic mass is 9.87. The number of aromatic carboxylic acids is 1. The summed E-state index contributed by atoms with van der Waals surface area (Å²) in [6.07, 6.45) is 0. The molecule has 190 valence electrons. The Labute approximate surface area is 200 Å². The molecule has 0 aromatic heterocycles. The second-order valence-corrected chi connectivity index (χ2v) is 10.1. The number of phenolic OH excluding ortho intramolecular Hbond substituents is 3.